The molecule has 1 N–H and O–H groups in total. The number of rotatable bonds is 9. The zero-order chi connectivity index (χ0) is 19.8. The molecule has 0 radical (unpaired) electrons. The molecule has 28 heavy (non-hydrogen) atoms. The van der Waals surface area contributed by atoms with E-state index in [1.165, 1.54) is 0 Å². The van der Waals surface area contributed by atoms with Crippen molar-refractivity contribution in [3.63, 3.8) is 0 Å². The van der Waals surface area contributed by atoms with Crippen molar-refractivity contribution >= 4 is 17.5 Å². The van der Waals surface area contributed by atoms with Gasteiger partial charge in [-0.25, -0.2) is 0 Å². The normalized spacial score (nSPS) is 16.1. The van der Waals surface area contributed by atoms with Gasteiger partial charge in [-0.2, -0.15) is 0 Å². The quantitative estimate of drug-likeness (QED) is 0.630. The maximum absolute atomic E-state index is 12.8. The van der Waals surface area contributed by atoms with Crippen LogP contribution in [0.5, 0.6) is 11.5 Å². The van der Waals surface area contributed by atoms with Gasteiger partial charge in [0.15, 0.2) is 0 Å². The molecule has 3 rings (SSSR count). The third-order valence-corrected chi connectivity index (χ3v) is 5.09. The van der Waals surface area contributed by atoms with Gasteiger partial charge in [0.05, 0.1) is 17.7 Å². The molecular weight excluding hydrogens is 378 g/mol. The van der Waals surface area contributed by atoms with Crippen LogP contribution in [0.15, 0.2) is 48.5 Å². The smallest absolute Gasteiger partial charge is 0.223 e. The monoisotopic (exact) mass is 403 g/mol. The summed E-state index contributed by atoms with van der Waals surface area (Å²) in [6, 6.07) is 14.4. The van der Waals surface area contributed by atoms with Crippen LogP contribution in [0.2, 0.25) is 5.02 Å². The lowest BCUT2D eigenvalue weighted by molar-refractivity contribution is -0.133. The van der Waals surface area contributed by atoms with Crippen LogP contribution >= 0.6 is 11.6 Å². The lowest BCUT2D eigenvalue weighted by atomic mass is 10.1. The summed E-state index contributed by atoms with van der Waals surface area (Å²) in [5.74, 6) is 0.859. The number of ether oxygens (including phenoxy) is 2. The maximum atomic E-state index is 12.8. The molecule has 1 aliphatic rings. The summed E-state index contributed by atoms with van der Waals surface area (Å²) in [7, 11) is 0. The van der Waals surface area contributed by atoms with E-state index in [2.05, 4.69) is 0 Å². The molecule has 2 aromatic rings. The molecule has 0 spiro atoms. The van der Waals surface area contributed by atoms with Crippen molar-refractivity contribution in [3.8, 4) is 11.5 Å². The second kappa shape index (κ2) is 10.3. The third-order valence-electron chi connectivity index (χ3n) is 4.78. The Labute approximate surface area is 170 Å². The summed E-state index contributed by atoms with van der Waals surface area (Å²) in [6.45, 7) is 2.07. The molecule has 1 fully saturated rings. The first kappa shape index (κ1) is 20.5. The highest BCUT2D eigenvalue weighted by atomic mass is 35.5. The van der Waals surface area contributed by atoms with Gasteiger partial charge >= 0.3 is 0 Å². The first-order valence-corrected chi connectivity index (χ1v) is 10.0. The number of hydrogen-bond donors (Lipinski definition) is 1. The molecule has 0 aliphatic carbocycles. The summed E-state index contributed by atoms with van der Waals surface area (Å²) in [5.41, 5.74) is 0.737. The van der Waals surface area contributed by atoms with E-state index < -0.39 is 0 Å². The Kier molecular flexibility index (Phi) is 7.57. The lowest BCUT2D eigenvalue weighted by Gasteiger charge is -2.26. The maximum Gasteiger partial charge on any atom is 0.223 e. The number of para-hydroxylation sites is 2. The van der Waals surface area contributed by atoms with Crippen LogP contribution in [-0.4, -0.2) is 41.8 Å². The number of hydrogen-bond acceptors (Lipinski definition) is 4. The molecule has 5 nitrogen and oxygen atoms in total. The number of phenols is 1. The number of amides is 1. The molecule has 0 bridgehead atoms. The van der Waals surface area contributed by atoms with Crippen molar-refractivity contribution in [2.24, 2.45) is 0 Å². The summed E-state index contributed by atoms with van der Waals surface area (Å²) < 4.78 is 11.4. The molecule has 0 aromatic heterocycles. The molecule has 1 atom stereocenters. The highest BCUT2D eigenvalue weighted by molar-refractivity contribution is 6.32. The second-order valence-electron chi connectivity index (χ2n) is 6.92. The van der Waals surface area contributed by atoms with Gasteiger partial charge in [0.2, 0.25) is 5.91 Å². The summed E-state index contributed by atoms with van der Waals surface area (Å²) in [6.07, 6.45) is 3.00. The van der Waals surface area contributed by atoms with Crippen LogP contribution in [0.1, 0.15) is 31.2 Å². The van der Waals surface area contributed by atoms with Crippen molar-refractivity contribution in [2.75, 3.05) is 19.8 Å². The third kappa shape index (κ3) is 5.88. The number of halogens is 1. The standard InChI is InChI=1S/C22H26ClNO4/c23-19-9-2-4-11-21(19)28-14-6-12-22(26)24(16-18-8-5-13-27-18)15-17-7-1-3-10-20(17)25/h1-4,7,9-11,18,25H,5-6,8,12-16H2. The Bertz CT molecular complexity index is 777. The van der Waals surface area contributed by atoms with Gasteiger partial charge in [0.25, 0.3) is 0 Å². The predicted molar refractivity (Wildman–Crippen MR) is 109 cm³/mol. The topological polar surface area (TPSA) is 59.0 Å². The lowest BCUT2D eigenvalue weighted by Crippen LogP contribution is -2.37. The molecule has 2 aromatic carbocycles. The van der Waals surface area contributed by atoms with Gasteiger partial charge in [-0.1, -0.05) is 41.9 Å². The predicted octanol–water partition coefficient (Wildman–Crippen LogP) is 4.41. The highest BCUT2D eigenvalue weighted by Crippen LogP contribution is 2.24. The minimum atomic E-state index is 0.0292. The average molecular weight is 404 g/mol. The molecule has 1 heterocycles. The molecular formula is C22H26ClNO4. The SMILES string of the molecule is O=C(CCCOc1ccccc1Cl)N(Cc1ccccc1O)CC1CCCO1. The Morgan fingerprint density at radius 2 is 2.00 bits per heavy atom. The van der Waals surface area contributed by atoms with Gasteiger partial charge < -0.3 is 19.5 Å². The largest absolute Gasteiger partial charge is 0.508 e. The first-order chi connectivity index (χ1) is 13.6. The van der Waals surface area contributed by atoms with E-state index in [-0.39, 0.29) is 17.8 Å². The van der Waals surface area contributed by atoms with Crippen LogP contribution in [0.3, 0.4) is 0 Å². The van der Waals surface area contributed by atoms with Gasteiger partial charge in [-0.3, -0.25) is 4.79 Å². The summed E-state index contributed by atoms with van der Waals surface area (Å²) >= 11 is 6.08. The molecule has 6 heteroatoms. The molecule has 0 saturated carbocycles. The number of nitrogens with zero attached hydrogens (tertiary/aromatic N) is 1. The average Bonchev–Trinajstić information content (AvgIpc) is 3.20. The number of phenolic OH excluding ortho intramolecular Hbond substituents is 1. The van der Waals surface area contributed by atoms with Crippen LogP contribution in [0.4, 0.5) is 0 Å². The van der Waals surface area contributed by atoms with Gasteiger partial charge in [0.1, 0.15) is 11.5 Å². The summed E-state index contributed by atoms with van der Waals surface area (Å²) in [5, 5.41) is 10.6. The van der Waals surface area contributed by atoms with Crippen LogP contribution in [0.25, 0.3) is 0 Å². The Morgan fingerprint density at radius 3 is 2.75 bits per heavy atom. The molecule has 150 valence electrons. The van der Waals surface area contributed by atoms with E-state index in [4.69, 9.17) is 21.1 Å². The van der Waals surface area contributed by atoms with E-state index >= 15 is 0 Å². The highest BCUT2D eigenvalue weighted by Gasteiger charge is 2.23. The number of carbonyl (C=O) groups excluding carboxylic acids is 1. The van der Waals surface area contributed by atoms with E-state index in [1.54, 1.807) is 23.1 Å². The van der Waals surface area contributed by atoms with E-state index in [0.29, 0.717) is 43.3 Å². The molecule has 1 amide bonds. The summed E-state index contributed by atoms with van der Waals surface area (Å²) in [4.78, 5) is 14.6. The van der Waals surface area contributed by atoms with Crippen molar-refractivity contribution in [2.45, 2.75) is 38.3 Å². The Hall–Kier alpha value is -2.24. The first-order valence-electron chi connectivity index (χ1n) is 9.67. The van der Waals surface area contributed by atoms with Crippen molar-refractivity contribution in [3.05, 3.63) is 59.1 Å². The molecule has 1 aliphatic heterocycles. The number of carbonyl (C=O) groups is 1. The second-order valence-corrected chi connectivity index (χ2v) is 7.33. The number of aromatic hydroxyl groups is 1. The fourth-order valence-corrected chi connectivity index (χ4v) is 3.45. The van der Waals surface area contributed by atoms with E-state index in [0.717, 1.165) is 25.0 Å². The minimum absolute atomic E-state index is 0.0292. The van der Waals surface area contributed by atoms with Gasteiger partial charge in [-0.05, 0) is 37.5 Å². The fraction of sp³-hybridized carbons (Fsp3) is 0.409. The Balaban J connectivity index is 1.54. The number of benzene rings is 2. The molecule has 1 unspecified atom stereocenters. The van der Waals surface area contributed by atoms with Crippen molar-refractivity contribution < 1.29 is 19.4 Å². The van der Waals surface area contributed by atoms with E-state index in [9.17, 15) is 9.90 Å². The molecule has 1 saturated heterocycles. The van der Waals surface area contributed by atoms with Crippen molar-refractivity contribution in [1.29, 1.82) is 0 Å². The minimum Gasteiger partial charge on any atom is -0.508 e. The zero-order valence-corrected chi connectivity index (χ0v) is 16.6. The van der Waals surface area contributed by atoms with E-state index in [1.807, 2.05) is 30.3 Å². The van der Waals surface area contributed by atoms with Crippen LogP contribution < -0.4 is 4.74 Å². The Morgan fingerprint density at radius 1 is 1.21 bits per heavy atom. The fourth-order valence-electron chi connectivity index (χ4n) is 3.26. The zero-order valence-electron chi connectivity index (χ0n) is 15.9. The van der Waals surface area contributed by atoms with Gasteiger partial charge in [-0.15, -0.1) is 0 Å². The van der Waals surface area contributed by atoms with Crippen LogP contribution in [0, 0.1) is 0 Å². The van der Waals surface area contributed by atoms with Gasteiger partial charge in [0, 0.05) is 31.7 Å². The van der Waals surface area contributed by atoms with Crippen molar-refractivity contribution in [1.82, 2.24) is 4.90 Å². The van der Waals surface area contributed by atoms with Crippen LogP contribution in [-0.2, 0) is 16.1 Å².